The molecule has 0 aromatic heterocycles. The third-order valence-electron chi connectivity index (χ3n) is 6.20. The Balaban J connectivity index is 1.78. The fourth-order valence-electron chi connectivity index (χ4n) is 4.03. The number of fused-ring (bicyclic) bond motifs is 1. The number of nitrogens with two attached hydrogens (primary N) is 2. The molecule has 1 heterocycles. The molecule has 35 heavy (non-hydrogen) atoms. The normalized spacial score (nSPS) is 19.7. The number of para-hydroxylation sites is 1. The van der Waals surface area contributed by atoms with E-state index in [2.05, 4.69) is 10.6 Å². The van der Waals surface area contributed by atoms with Crippen molar-refractivity contribution in [3.63, 3.8) is 0 Å². The molecule has 0 fully saturated rings. The summed E-state index contributed by atoms with van der Waals surface area (Å²) in [7, 11) is 1.85. The summed E-state index contributed by atoms with van der Waals surface area (Å²) >= 11 is 0. The van der Waals surface area contributed by atoms with Crippen LogP contribution in [0.4, 0.5) is 11.4 Å². The van der Waals surface area contributed by atoms with Gasteiger partial charge in [-0.3, -0.25) is 9.59 Å². The lowest BCUT2D eigenvalue weighted by Crippen LogP contribution is -2.61. The number of allylic oxidation sites excluding steroid dienone is 2. The Labute approximate surface area is 206 Å². The highest BCUT2D eigenvalue weighted by molar-refractivity contribution is 6.00. The van der Waals surface area contributed by atoms with Crippen molar-refractivity contribution in [3.05, 3.63) is 71.8 Å². The SMILES string of the molecule is CC(N)C(=O)N[C@@H](C)C(=O)N[C@@H](C)C(=O)[N+]1(C)CC=C(/C=C/c2ccc(N)cc2)c2ccccc21. The van der Waals surface area contributed by atoms with E-state index in [1.165, 1.54) is 6.92 Å². The minimum Gasteiger partial charge on any atom is -0.399 e. The number of carbonyl (C=O) groups is 3. The van der Waals surface area contributed by atoms with Gasteiger partial charge in [0, 0.05) is 17.3 Å². The van der Waals surface area contributed by atoms with Crippen LogP contribution in [0.3, 0.4) is 0 Å². The maximum Gasteiger partial charge on any atom is 0.340 e. The third-order valence-corrected chi connectivity index (χ3v) is 6.20. The number of carbonyl (C=O) groups excluding carboxylic acids is 3. The van der Waals surface area contributed by atoms with Crippen LogP contribution >= 0.6 is 0 Å². The van der Waals surface area contributed by atoms with Crippen LogP contribution in [0.2, 0.25) is 0 Å². The Morgan fingerprint density at radius 2 is 1.54 bits per heavy atom. The number of quaternary nitrogens is 1. The van der Waals surface area contributed by atoms with Crippen LogP contribution in [-0.2, 0) is 14.4 Å². The molecule has 4 atom stereocenters. The van der Waals surface area contributed by atoms with Gasteiger partial charge in [0.05, 0.1) is 13.1 Å². The summed E-state index contributed by atoms with van der Waals surface area (Å²) in [5, 5.41) is 5.28. The number of hydrogen-bond donors (Lipinski definition) is 4. The molecule has 0 radical (unpaired) electrons. The molecule has 0 spiro atoms. The van der Waals surface area contributed by atoms with E-state index in [9.17, 15) is 14.4 Å². The number of benzene rings is 2. The molecular formula is C27H34N5O3+. The van der Waals surface area contributed by atoms with Gasteiger partial charge < -0.3 is 22.1 Å². The zero-order chi connectivity index (χ0) is 25.8. The third kappa shape index (κ3) is 5.85. The lowest BCUT2D eigenvalue weighted by atomic mass is 9.95. The molecule has 2 aromatic rings. The number of hydrogen-bond acceptors (Lipinski definition) is 5. The van der Waals surface area contributed by atoms with Crippen LogP contribution in [0, 0.1) is 0 Å². The summed E-state index contributed by atoms with van der Waals surface area (Å²) in [5.74, 6) is -1.03. The van der Waals surface area contributed by atoms with Crippen molar-refractivity contribution in [2.45, 2.75) is 38.9 Å². The smallest absolute Gasteiger partial charge is 0.340 e. The topological polar surface area (TPSA) is 127 Å². The highest BCUT2D eigenvalue weighted by Crippen LogP contribution is 2.37. The van der Waals surface area contributed by atoms with E-state index in [0.29, 0.717) is 12.2 Å². The first-order valence-electron chi connectivity index (χ1n) is 11.6. The Hall–Kier alpha value is -3.75. The monoisotopic (exact) mass is 476 g/mol. The number of rotatable bonds is 7. The molecule has 0 aliphatic carbocycles. The van der Waals surface area contributed by atoms with Crippen molar-refractivity contribution in [2.75, 3.05) is 19.3 Å². The maximum atomic E-state index is 13.6. The molecule has 1 aliphatic rings. The van der Waals surface area contributed by atoms with Crippen molar-refractivity contribution in [3.8, 4) is 0 Å². The molecule has 0 bridgehead atoms. The van der Waals surface area contributed by atoms with E-state index in [-0.39, 0.29) is 10.4 Å². The number of anilines is 1. The highest BCUT2D eigenvalue weighted by Gasteiger charge is 2.42. The predicted molar refractivity (Wildman–Crippen MR) is 141 cm³/mol. The average Bonchev–Trinajstić information content (AvgIpc) is 2.84. The minimum atomic E-state index is -0.812. The molecule has 184 valence electrons. The van der Waals surface area contributed by atoms with E-state index < -0.39 is 29.9 Å². The van der Waals surface area contributed by atoms with Crippen molar-refractivity contribution in [1.29, 1.82) is 0 Å². The van der Waals surface area contributed by atoms with Gasteiger partial charge in [0.25, 0.3) is 0 Å². The highest BCUT2D eigenvalue weighted by atomic mass is 16.2. The van der Waals surface area contributed by atoms with Crippen LogP contribution < -0.4 is 26.6 Å². The van der Waals surface area contributed by atoms with Crippen LogP contribution in [0.5, 0.6) is 0 Å². The summed E-state index contributed by atoms with van der Waals surface area (Å²) in [6.45, 7) is 5.19. The molecule has 2 unspecified atom stereocenters. The molecule has 6 N–H and O–H groups in total. The van der Waals surface area contributed by atoms with Crippen LogP contribution in [-0.4, -0.2) is 49.4 Å². The standard InChI is InChI=1S/C27H33N5O3/c1-17(28)25(33)30-18(2)26(34)31-19(3)27(35)32(4)16-15-21(23-7-5-6-8-24(23)32)12-9-20-10-13-22(29)14-11-20/h5-15,17-19H,16,28-29H2,1-4H3,(H-,30,31,33,34)/p+1/b12-9+/t17?,18-,19-,32?/m0/s1. The summed E-state index contributed by atoms with van der Waals surface area (Å²) in [5.41, 5.74) is 15.9. The van der Waals surface area contributed by atoms with Gasteiger partial charge in [-0.15, -0.1) is 0 Å². The number of amides is 3. The quantitative estimate of drug-likeness (QED) is 0.360. The lowest BCUT2D eigenvalue weighted by molar-refractivity contribution is -0.135. The summed E-state index contributed by atoms with van der Waals surface area (Å²) in [6, 6.07) is 13.1. The molecule has 0 saturated carbocycles. The fourth-order valence-corrected chi connectivity index (χ4v) is 4.03. The first kappa shape index (κ1) is 25.9. The first-order valence-corrected chi connectivity index (χ1v) is 11.6. The van der Waals surface area contributed by atoms with Gasteiger partial charge in [0.2, 0.25) is 11.8 Å². The Kier molecular flexibility index (Phi) is 7.89. The second kappa shape index (κ2) is 10.7. The number of likely N-dealkylation sites (N-methyl/N-ethyl adjacent to an activating group) is 1. The molecule has 0 saturated heterocycles. The van der Waals surface area contributed by atoms with Gasteiger partial charge in [-0.1, -0.05) is 36.4 Å². The molecule has 8 heteroatoms. The number of nitrogens with one attached hydrogen (secondary N) is 2. The van der Waals surface area contributed by atoms with E-state index in [1.807, 2.05) is 73.8 Å². The van der Waals surface area contributed by atoms with Crippen molar-refractivity contribution in [2.24, 2.45) is 5.73 Å². The van der Waals surface area contributed by atoms with E-state index >= 15 is 0 Å². The van der Waals surface area contributed by atoms with Crippen LogP contribution in [0.25, 0.3) is 11.6 Å². The lowest BCUT2D eigenvalue weighted by Gasteiger charge is -2.36. The Morgan fingerprint density at radius 3 is 2.20 bits per heavy atom. The predicted octanol–water partition coefficient (Wildman–Crippen LogP) is 2.20. The van der Waals surface area contributed by atoms with Gasteiger partial charge in [-0.2, -0.15) is 0 Å². The zero-order valence-corrected chi connectivity index (χ0v) is 20.6. The van der Waals surface area contributed by atoms with E-state index in [1.54, 1.807) is 13.8 Å². The maximum absolute atomic E-state index is 13.6. The Bertz CT molecular complexity index is 1170. The molecular weight excluding hydrogens is 442 g/mol. The van der Waals surface area contributed by atoms with Crippen LogP contribution in [0.1, 0.15) is 31.9 Å². The molecule has 8 nitrogen and oxygen atoms in total. The van der Waals surface area contributed by atoms with Gasteiger partial charge in [-0.25, -0.2) is 9.28 Å². The number of nitrogen functional groups attached to an aromatic ring is 1. The fraction of sp³-hybridized carbons (Fsp3) is 0.296. The van der Waals surface area contributed by atoms with Crippen molar-refractivity contribution in [1.82, 2.24) is 15.1 Å². The van der Waals surface area contributed by atoms with Gasteiger partial charge in [-0.05, 0) is 56.2 Å². The second-order valence-electron chi connectivity index (χ2n) is 9.14. The van der Waals surface area contributed by atoms with Gasteiger partial charge >= 0.3 is 5.91 Å². The average molecular weight is 477 g/mol. The van der Waals surface area contributed by atoms with Crippen LogP contribution in [0.15, 0.2) is 60.7 Å². The Morgan fingerprint density at radius 1 is 0.914 bits per heavy atom. The van der Waals surface area contributed by atoms with E-state index in [4.69, 9.17) is 11.5 Å². The molecule has 3 rings (SSSR count). The summed E-state index contributed by atoms with van der Waals surface area (Å²) in [4.78, 5) is 38.0. The molecule has 3 amide bonds. The molecule has 1 aliphatic heterocycles. The van der Waals surface area contributed by atoms with Gasteiger partial charge in [0.1, 0.15) is 24.3 Å². The number of nitrogens with zero attached hydrogens (tertiary/aromatic N) is 1. The first-order chi connectivity index (χ1) is 16.5. The summed E-state index contributed by atoms with van der Waals surface area (Å²) < 4.78 is 0.0113. The van der Waals surface area contributed by atoms with Crippen molar-refractivity contribution < 1.29 is 14.4 Å². The molecule has 2 aromatic carbocycles. The summed E-state index contributed by atoms with van der Waals surface area (Å²) in [6.07, 6.45) is 6.08. The minimum absolute atomic E-state index is 0.0113. The largest absolute Gasteiger partial charge is 0.399 e. The van der Waals surface area contributed by atoms with E-state index in [0.717, 1.165) is 22.4 Å². The van der Waals surface area contributed by atoms with Crippen molar-refractivity contribution >= 4 is 40.7 Å². The van der Waals surface area contributed by atoms with Gasteiger partial charge in [0.15, 0.2) is 0 Å². The second-order valence-corrected chi connectivity index (χ2v) is 9.14. The zero-order valence-electron chi connectivity index (χ0n) is 20.6.